The number of halogens is 20. The van der Waals surface area contributed by atoms with E-state index in [1.54, 1.807) is 0 Å². The lowest BCUT2D eigenvalue weighted by Crippen LogP contribution is -2.13. The molecule has 0 fully saturated rings. The maximum Gasteiger partial charge on any atom is 0.200 e. The second-order valence-electron chi connectivity index (χ2n) is 18.9. The average molecular weight is 1320 g/mol. The van der Waals surface area contributed by atoms with Crippen LogP contribution in [-0.2, 0) is 0 Å². The summed E-state index contributed by atoms with van der Waals surface area (Å²) in [6.07, 6.45) is 5.43. The number of fused-ring (bicyclic) bond motifs is 12. The lowest BCUT2D eigenvalue weighted by atomic mass is 10.0. The molecule has 0 amide bonds. The Hall–Kier alpha value is -7.36. The third-order valence-electron chi connectivity index (χ3n) is 13.6. The third kappa shape index (κ3) is 9.70. The Morgan fingerprint density at radius 2 is 0.360 bits per heavy atom. The number of rotatable bonds is 4. The van der Waals surface area contributed by atoms with Crippen molar-refractivity contribution in [1.29, 1.82) is 0 Å². The third-order valence-corrected chi connectivity index (χ3v) is 20.7. The largest absolute Gasteiger partial charge is 0.203 e. The molecule has 0 unspecified atom stereocenters. The molecule has 6 aromatic heterocycles. The Balaban J connectivity index is 1.28. The molecular formula is C60H24F20S6. The van der Waals surface area contributed by atoms with Crippen LogP contribution >= 0.6 is 68.0 Å². The summed E-state index contributed by atoms with van der Waals surface area (Å²) in [6, 6.07) is 9.18. The Morgan fingerprint density at radius 1 is 0.209 bits per heavy atom. The van der Waals surface area contributed by atoms with E-state index in [4.69, 9.17) is 0 Å². The topological polar surface area (TPSA) is 0 Å². The van der Waals surface area contributed by atoms with Crippen molar-refractivity contribution < 1.29 is 87.8 Å². The van der Waals surface area contributed by atoms with Gasteiger partial charge in [-0.1, -0.05) is 0 Å². The van der Waals surface area contributed by atoms with Crippen molar-refractivity contribution in [3.63, 3.8) is 0 Å². The van der Waals surface area contributed by atoms with Crippen LogP contribution in [0.15, 0.2) is 48.5 Å². The van der Waals surface area contributed by atoms with Gasteiger partial charge in [0.05, 0.1) is 22.3 Å². The van der Waals surface area contributed by atoms with Gasteiger partial charge in [0.2, 0.25) is 23.3 Å². The van der Waals surface area contributed by atoms with Crippen LogP contribution in [0.1, 0.15) is 83.5 Å². The van der Waals surface area contributed by atoms with Crippen molar-refractivity contribution in [2.75, 3.05) is 0 Å². The summed E-state index contributed by atoms with van der Waals surface area (Å²) in [5.41, 5.74) is -7.83. The van der Waals surface area contributed by atoms with Gasteiger partial charge in [0.25, 0.3) is 0 Å². The van der Waals surface area contributed by atoms with Crippen molar-refractivity contribution >= 4 is 115 Å². The van der Waals surface area contributed by atoms with Crippen LogP contribution in [0.4, 0.5) is 87.8 Å². The van der Waals surface area contributed by atoms with Gasteiger partial charge in [0, 0.05) is 79.4 Å². The molecule has 0 saturated carbocycles. The molecule has 0 aliphatic carbocycles. The molecule has 0 nitrogen and oxygen atoms in total. The van der Waals surface area contributed by atoms with Gasteiger partial charge in [0.15, 0.2) is 93.1 Å². The molecule has 0 spiro atoms. The van der Waals surface area contributed by atoms with Crippen molar-refractivity contribution in [1.82, 2.24) is 0 Å². The Labute approximate surface area is 493 Å². The van der Waals surface area contributed by atoms with Crippen molar-refractivity contribution in [2.45, 2.75) is 27.7 Å². The van der Waals surface area contributed by atoms with E-state index < -0.39 is 161 Å². The highest BCUT2D eigenvalue weighted by Gasteiger charge is 2.35. The number of aryl methyl sites for hydroxylation is 4. The standard InChI is InChI=1S/C60H24F20S6/c1-17-13-29-33(37-41(61)49(69)57(77)50(70)42(37)62)25-9-10-26(85-25)34(38-43(63)51(71)58(78)52(72)44(38)64)31-15-19(3)23(83-31)7-8-24-20(4)16-32(84-24)36(40-47(67)55(75)60(80)56(76)48(40)68)28-12-11-27(86-28)35(39-45(65)53(73)59(79)54(74)46(39)66)30-14-18(2)22(82-30)6-5-21(17)81-29/h5-16H,1-4H3/b6-5+,8-7+,21-5?,22-6?,23-7?,24-8?,33-25+,33-29?,34-26+,34-31?,35-27+,35-30?,36-28+,36-32?. The number of benzene rings is 4. The maximum absolute atomic E-state index is 16.2. The minimum Gasteiger partial charge on any atom is -0.203 e. The first-order valence-electron chi connectivity index (χ1n) is 24.2. The zero-order chi connectivity index (χ0) is 62.1. The fourth-order valence-corrected chi connectivity index (χ4v) is 16.5. The van der Waals surface area contributed by atoms with Crippen LogP contribution in [0.2, 0.25) is 0 Å². The summed E-state index contributed by atoms with van der Waals surface area (Å²) < 4.78 is 308. The van der Waals surface area contributed by atoms with Crippen LogP contribution in [0.5, 0.6) is 0 Å². The lowest BCUT2D eigenvalue weighted by molar-refractivity contribution is 0.376. The summed E-state index contributed by atoms with van der Waals surface area (Å²) in [4.78, 5) is -0.231. The van der Waals surface area contributed by atoms with Gasteiger partial charge in [-0.15, -0.1) is 68.0 Å². The number of hydrogen-bond acceptors (Lipinski definition) is 6. The lowest BCUT2D eigenvalue weighted by Gasteiger charge is -2.11. The first-order valence-corrected chi connectivity index (χ1v) is 29.1. The van der Waals surface area contributed by atoms with E-state index >= 15 is 70.2 Å². The van der Waals surface area contributed by atoms with E-state index in [-0.39, 0.29) is 79.4 Å². The summed E-state index contributed by atoms with van der Waals surface area (Å²) in [6.45, 7) is 5.77. The molecule has 0 atom stereocenters. The molecule has 0 saturated heterocycles. The fraction of sp³-hybridized carbons (Fsp3) is 0.0667. The smallest absolute Gasteiger partial charge is 0.200 e. The van der Waals surface area contributed by atoms with Crippen molar-refractivity contribution in [3.05, 3.63) is 267 Å². The Bertz CT molecular complexity index is 4220. The fourth-order valence-electron chi connectivity index (χ4n) is 9.42. The summed E-state index contributed by atoms with van der Waals surface area (Å²) in [5, 5.41) is 0. The number of hydrogen-bond donors (Lipinski definition) is 0. The first kappa shape index (κ1) is 60.3. The molecule has 26 heteroatoms. The summed E-state index contributed by atoms with van der Waals surface area (Å²) in [7, 11) is 0. The van der Waals surface area contributed by atoms with Crippen molar-refractivity contribution in [3.8, 4) is 0 Å². The van der Waals surface area contributed by atoms with Gasteiger partial charge in [-0.05, 0) is 123 Å². The molecular weight excluding hydrogens is 1290 g/mol. The monoisotopic (exact) mass is 1320 g/mol. The van der Waals surface area contributed by atoms with Crippen molar-refractivity contribution in [2.24, 2.45) is 0 Å². The molecule has 1 aliphatic rings. The molecule has 1 aliphatic heterocycles. The van der Waals surface area contributed by atoms with E-state index in [9.17, 15) is 17.6 Å². The van der Waals surface area contributed by atoms with Crippen LogP contribution < -0.4 is 18.1 Å². The van der Waals surface area contributed by atoms with Gasteiger partial charge in [-0.25, -0.2) is 87.8 Å². The highest BCUT2D eigenvalue weighted by atomic mass is 32.1. The van der Waals surface area contributed by atoms with E-state index in [0.717, 1.165) is 24.3 Å². The van der Waals surface area contributed by atoms with Crippen LogP contribution in [0.3, 0.4) is 0 Å². The highest BCUT2D eigenvalue weighted by molar-refractivity contribution is 7.17. The minimum absolute atomic E-state index is 0.173. The SMILES string of the molecule is Cc1cc2sc1/C=C/c1sc(cc1C)/C(c1c(F)c(F)c(F)c(F)c1F)=c1/cc/c(s1)=C(\c1c(F)c(F)c(F)c(F)c1F)c1cc(C)c(s1)/C=C/c1sc(cc1C)/C(c1c(F)c(F)c(F)c(F)c1F)=c1/cc/c(s1)=C/2c1c(F)c(F)c(F)c(F)c1F. The maximum atomic E-state index is 16.2. The Morgan fingerprint density at radius 3 is 0.523 bits per heavy atom. The molecule has 440 valence electrons. The molecule has 11 rings (SSSR count). The zero-order valence-electron chi connectivity index (χ0n) is 42.9. The Kier molecular flexibility index (Phi) is 15.7. The second-order valence-corrected chi connectivity index (χ2v) is 25.4. The summed E-state index contributed by atoms with van der Waals surface area (Å²) >= 11 is 3.45. The molecule has 12 bridgehead atoms. The van der Waals surface area contributed by atoms with Crippen LogP contribution in [0, 0.1) is 144 Å². The molecule has 0 N–H and O–H groups in total. The van der Waals surface area contributed by atoms with Gasteiger partial charge in [-0.2, -0.15) is 0 Å². The molecule has 86 heavy (non-hydrogen) atoms. The minimum atomic E-state index is -2.54. The van der Waals surface area contributed by atoms with E-state index in [1.165, 1.54) is 76.3 Å². The zero-order valence-corrected chi connectivity index (χ0v) is 47.8. The quantitative estimate of drug-likeness (QED) is 0.0936. The van der Waals surface area contributed by atoms with Crippen LogP contribution in [-0.4, -0.2) is 0 Å². The van der Waals surface area contributed by atoms with E-state index in [2.05, 4.69) is 0 Å². The normalized spacial score (nSPS) is 16.2. The average Bonchev–Trinajstić information content (AvgIpc) is 1.91. The van der Waals surface area contributed by atoms with Crippen LogP contribution in [0.25, 0.3) is 46.6 Å². The highest BCUT2D eigenvalue weighted by Crippen LogP contribution is 2.43. The predicted octanol–water partition coefficient (Wildman–Crippen LogP) is 17.7. The number of thiophene rings is 6. The van der Waals surface area contributed by atoms with Gasteiger partial charge in [-0.3, -0.25) is 0 Å². The van der Waals surface area contributed by atoms with E-state index in [1.807, 2.05) is 0 Å². The van der Waals surface area contributed by atoms with E-state index in [0.29, 0.717) is 68.0 Å². The summed E-state index contributed by atoms with van der Waals surface area (Å²) in [5.74, 6) is -47.8. The van der Waals surface area contributed by atoms with Gasteiger partial charge in [0.1, 0.15) is 0 Å². The van der Waals surface area contributed by atoms with Gasteiger partial charge < -0.3 is 0 Å². The molecule has 0 radical (unpaired) electrons. The van der Waals surface area contributed by atoms with Gasteiger partial charge >= 0.3 is 0 Å². The molecule has 10 aromatic rings. The predicted molar refractivity (Wildman–Crippen MR) is 293 cm³/mol. The first-order chi connectivity index (χ1) is 40.6. The molecule has 4 aromatic carbocycles. The second kappa shape index (κ2) is 22.4. The molecule has 7 heterocycles.